The van der Waals surface area contributed by atoms with Gasteiger partial charge >= 0.3 is 0 Å². The van der Waals surface area contributed by atoms with Gasteiger partial charge in [0.25, 0.3) is 5.91 Å². The topological polar surface area (TPSA) is 73.8 Å². The third-order valence-electron chi connectivity index (χ3n) is 5.67. The number of hydrogen-bond acceptors (Lipinski definition) is 4. The van der Waals surface area contributed by atoms with Crippen LogP contribution in [0.1, 0.15) is 29.5 Å². The molecule has 0 aliphatic carbocycles. The minimum atomic E-state index is -0.571. The lowest BCUT2D eigenvalue weighted by molar-refractivity contribution is -0.123. The van der Waals surface area contributed by atoms with E-state index in [0.717, 1.165) is 16.7 Å². The second-order valence-electron chi connectivity index (χ2n) is 7.99. The molecule has 0 saturated carbocycles. The number of hydrogen-bond donors (Lipinski definition) is 2. The highest BCUT2D eigenvalue weighted by Crippen LogP contribution is 2.28. The van der Waals surface area contributed by atoms with Crippen molar-refractivity contribution in [3.8, 4) is 0 Å². The van der Waals surface area contributed by atoms with Gasteiger partial charge < -0.3 is 10.6 Å². The summed E-state index contributed by atoms with van der Waals surface area (Å²) in [5.41, 5.74) is 2.74. The summed E-state index contributed by atoms with van der Waals surface area (Å²) < 4.78 is 13.0. The van der Waals surface area contributed by atoms with E-state index in [-0.39, 0.29) is 17.6 Å². The Morgan fingerprint density at radius 1 is 1.13 bits per heavy atom. The van der Waals surface area contributed by atoms with Crippen molar-refractivity contribution in [2.45, 2.75) is 32.0 Å². The molecule has 2 N–H and O–H groups in total. The van der Waals surface area contributed by atoms with Gasteiger partial charge in [-0.25, -0.2) is 4.39 Å². The van der Waals surface area contributed by atoms with E-state index in [2.05, 4.69) is 15.5 Å². The highest BCUT2D eigenvalue weighted by atomic mass is 19.1. The number of carbonyl (C=O) groups excluding carboxylic acids is 2. The van der Waals surface area contributed by atoms with Crippen molar-refractivity contribution in [1.29, 1.82) is 0 Å². The lowest BCUT2D eigenvalue weighted by Crippen LogP contribution is -2.52. The average Bonchev–Trinajstić information content (AvgIpc) is 3.06. The number of benzene rings is 2. The van der Waals surface area contributed by atoms with Crippen molar-refractivity contribution in [3.05, 3.63) is 71.0 Å². The van der Waals surface area contributed by atoms with Crippen molar-refractivity contribution < 1.29 is 14.0 Å². The molecule has 0 radical (unpaired) electrons. The number of nitrogens with one attached hydrogen (secondary N) is 2. The molecule has 2 amide bonds. The lowest BCUT2D eigenvalue weighted by Gasteiger charge is -2.36. The molecule has 6 nitrogen and oxygen atoms in total. The molecule has 7 heteroatoms. The Morgan fingerprint density at radius 2 is 1.80 bits per heavy atom. The summed E-state index contributed by atoms with van der Waals surface area (Å²) in [7, 11) is 0. The van der Waals surface area contributed by atoms with E-state index >= 15 is 0 Å². The van der Waals surface area contributed by atoms with Crippen LogP contribution in [-0.2, 0) is 16.1 Å². The zero-order chi connectivity index (χ0) is 21.1. The van der Waals surface area contributed by atoms with Gasteiger partial charge in [-0.3, -0.25) is 19.5 Å². The van der Waals surface area contributed by atoms with Crippen LogP contribution in [0.4, 0.5) is 4.39 Å². The normalized spacial score (nSPS) is 18.2. The van der Waals surface area contributed by atoms with Crippen LogP contribution in [0.2, 0.25) is 0 Å². The average molecular weight is 408 g/mol. The standard InChI is InChI=1S/C23H25FN4O2/c1-16-2-6-18(7-3-16)21-22(30)27-23(26-21)10-12-28(13-11-23)15-20(29)25-14-17-4-8-19(24)9-5-17/h2-9H,10-15H2,1H3,(H,25,29)(H,27,30). The van der Waals surface area contributed by atoms with Crippen molar-refractivity contribution in [2.75, 3.05) is 19.6 Å². The fourth-order valence-corrected chi connectivity index (χ4v) is 3.85. The van der Waals surface area contributed by atoms with Gasteiger partial charge in [0.2, 0.25) is 5.91 Å². The second kappa shape index (κ2) is 8.36. The van der Waals surface area contributed by atoms with E-state index in [4.69, 9.17) is 4.99 Å². The van der Waals surface area contributed by atoms with Gasteiger partial charge in [0, 0.05) is 38.0 Å². The van der Waals surface area contributed by atoms with Gasteiger partial charge in [0.05, 0.1) is 6.54 Å². The van der Waals surface area contributed by atoms with Gasteiger partial charge in [0.1, 0.15) is 17.2 Å². The molecular formula is C23H25FN4O2. The number of rotatable bonds is 5. The van der Waals surface area contributed by atoms with Gasteiger partial charge in [0.15, 0.2) is 0 Å². The lowest BCUT2D eigenvalue weighted by atomic mass is 9.98. The highest BCUT2D eigenvalue weighted by Gasteiger charge is 2.42. The first-order valence-electron chi connectivity index (χ1n) is 10.2. The molecule has 4 rings (SSSR count). The summed E-state index contributed by atoms with van der Waals surface area (Å²) in [5, 5.41) is 5.92. The predicted molar refractivity (Wildman–Crippen MR) is 113 cm³/mol. The molecule has 2 aliphatic rings. The molecule has 30 heavy (non-hydrogen) atoms. The maximum absolute atomic E-state index is 13.0. The van der Waals surface area contributed by atoms with E-state index in [9.17, 15) is 14.0 Å². The summed E-state index contributed by atoms with van der Waals surface area (Å²) in [6, 6.07) is 13.9. The molecule has 1 saturated heterocycles. The number of carbonyl (C=O) groups is 2. The van der Waals surface area contributed by atoms with Crippen LogP contribution in [0, 0.1) is 12.7 Å². The number of aliphatic imine (C=N–C) groups is 1. The number of amides is 2. The summed E-state index contributed by atoms with van der Waals surface area (Å²) >= 11 is 0. The Kier molecular flexibility index (Phi) is 5.63. The largest absolute Gasteiger partial charge is 0.351 e. The molecule has 2 aromatic rings. The third-order valence-corrected chi connectivity index (χ3v) is 5.67. The van der Waals surface area contributed by atoms with Crippen LogP contribution < -0.4 is 10.6 Å². The number of piperidine rings is 1. The first-order chi connectivity index (χ1) is 14.4. The van der Waals surface area contributed by atoms with E-state index in [1.165, 1.54) is 12.1 Å². The highest BCUT2D eigenvalue weighted by molar-refractivity contribution is 6.46. The van der Waals surface area contributed by atoms with Crippen LogP contribution >= 0.6 is 0 Å². The molecule has 1 fully saturated rings. The van der Waals surface area contributed by atoms with Crippen LogP contribution in [0.25, 0.3) is 0 Å². The zero-order valence-corrected chi connectivity index (χ0v) is 17.0. The molecule has 0 unspecified atom stereocenters. The number of likely N-dealkylation sites (tertiary alicyclic amines) is 1. The maximum atomic E-state index is 13.0. The van der Waals surface area contributed by atoms with E-state index in [0.29, 0.717) is 44.7 Å². The second-order valence-corrected chi connectivity index (χ2v) is 7.99. The van der Waals surface area contributed by atoms with E-state index in [1.807, 2.05) is 31.2 Å². The van der Waals surface area contributed by atoms with Gasteiger partial charge in [-0.1, -0.05) is 42.0 Å². The summed E-state index contributed by atoms with van der Waals surface area (Å²) in [6.07, 6.45) is 1.33. The Labute approximate surface area is 175 Å². The first kappa shape index (κ1) is 20.2. The SMILES string of the molecule is Cc1ccc(C2=NC3(CCN(CC(=O)NCc4ccc(F)cc4)CC3)NC2=O)cc1. The van der Waals surface area contributed by atoms with Crippen molar-refractivity contribution in [3.63, 3.8) is 0 Å². The molecular weight excluding hydrogens is 383 g/mol. The van der Waals surface area contributed by atoms with Crippen LogP contribution in [0.15, 0.2) is 53.5 Å². The number of nitrogens with zero attached hydrogens (tertiary/aromatic N) is 2. The van der Waals surface area contributed by atoms with Gasteiger partial charge in [-0.2, -0.15) is 0 Å². The maximum Gasteiger partial charge on any atom is 0.272 e. The van der Waals surface area contributed by atoms with Crippen molar-refractivity contribution >= 4 is 17.5 Å². The fraction of sp³-hybridized carbons (Fsp3) is 0.348. The Balaban J connectivity index is 1.30. The van der Waals surface area contributed by atoms with Crippen molar-refractivity contribution in [1.82, 2.24) is 15.5 Å². The fourth-order valence-electron chi connectivity index (χ4n) is 3.85. The van der Waals surface area contributed by atoms with Crippen LogP contribution in [-0.4, -0.2) is 47.7 Å². The molecule has 2 heterocycles. The minimum absolute atomic E-state index is 0.0745. The minimum Gasteiger partial charge on any atom is -0.351 e. The number of halogens is 1. The zero-order valence-electron chi connectivity index (χ0n) is 17.0. The van der Waals surface area contributed by atoms with E-state index < -0.39 is 5.66 Å². The quantitative estimate of drug-likeness (QED) is 0.796. The molecule has 0 atom stereocenters. The summed E-state index contributed by atoms with van der Waals surface area (Å²) in [5.74, 6) is -0.501. The smallest absolute Gasteiger partial charge is 0.272 e. The third kappa shape index (κ3) is 4.57. The number of aryl methyl sites for hydroxylation is 1. The molecule has 0 aromatic heterocycles. The molecule has 2 aliphatic heterocycles. The summed E-state index contributed by atoms with van der Waals surface area (Å²) in [4.78, 5) is 31.6. The van der Waals surface area contributed by atoms with E-state index in [1.54, 1.807) is 12.1 Å². The van der Waals surface area contributed by atoms with Crippen LogP contribution in [0.5, 0.6) is 0 Å². The Hall–Kier alpha value is -3.06. The summed E-state index contributed by atoms with van der Waals surface area (Å²) in [6.45, 7) is 4.02. The predicted octanol–water partition coefficient (Wildman–Crippen LogP) is 2.16. The monoisotopic (exact) mass is 408 g/mol. The Morgan fingerprint density at radius 3 is 2.47 bits per heavy atom. The first-order valence-corrected chi connectivity index (χ1v) is 10.2. The molecule has 2 aromatic carbocycles. The molecule has 156 valence electrons. The van der Waals surface area contributed by atoms with Crippen molar-refractivity contribution in [2.24, 2.45) is 4.99 Å². The molecule has 0 bridgehead atoms. The molecule has 1 spiro atoms. The van der Waals surface area contributed by atoms with Crippen LogP contribution in [0.3, 0.4) is 0 Å². The Bertz CT molecular complexity index is 962. The van der Waals surface area contributed by atoms with Gasteiger partial charge in [-0.15, -0.1) is 0 Å². The van der Waals surface area contributed by atoms with Gasteiger partial charge in [-0.05, 0) is 24.6 Å².